The molecule has 1 aromatic rings. The Morgan fingerprint density at radius 3 is 2.57 bits per heavy atom. The Balaban J connectivity index is 2.69. The molecule has 1 rings (SSSR count). The van der Waals surface area contributed by atoms with Gasteiger partial charge in [0.1, 0.15) is 17.4 Å². The van der Waals surface area contributed by atoms with Crippen molar-refractivity contribution in [2.75, 3.05) is 11.9 Å². The third kappa shape index (κ3) is 4.68. The number of hydrogen-bond acceptors (Lipinski definition) is 5. The second kappa shape index (κ2) is 7.13. The number of nitrogens with one attached hydrogen (secondary N) is 2. The Kier molecular flexibility index (Phi) is 5.53. The SMILES string of the molecule is CCOC(=O)C(C)NC(=O)Nc1ccc(O)c(C(=O)O)c1. The summed E-state index contributed by atoms with van der Waals surface area (Å²) in [6.07, 6.45) is 0. The predicted octanol–water partition coefficient (Wildman–Crippen LogP) is 1.16. The zero-order chi connectivity index (χ0) is 16.0. The van der Waals surface area contributed by atoms with Crippen LogP contribution in [0.15, 0.2) is 18.2 Å². The lowest BCUT2D eigenvalue weighted by Gasteiger charge is -2.13. The van der Waals surface area contributed by atoms with Crippen molar-refractivity contribution < 1.29 is 29.3 Å². The Labute approximate surface area is 120 Å². The van der Waals surface area contributed by atoms with Crippen LogP contribution in [-0.2, 0) is 9.53 Å². The number of aromatic carboxylic acids is 1. The lowest BCUT2D eigenvalue weighted by molar-refractivity contribution is -0.144. The molecule has 0 aliphatic rings. The number of rotatable bonds is 5. The summed E-state index contributed by atoms with van der Waals surface area (Å²) in [5.41, 5.74) is -0.176. The summed E-state index contributed by atoms with van der Waals surface area (Å²) in [7, 11) is 0. The Morgan fingerprint density at radius 1 is 1.33 bits per heavy atom. The van der Waals surface area contributed by atoms with Crippen LogP contribution in [-0.4, -0.2) is 40.8 Å². The van der Waals surface area contributed by atoms with Crippen LogP contribution in [0.1, 0.15) is 24.2 Å². The zero-order valence-corrected chi connectivity index (χ0v) is 11.5. The lowest BCUT2D eigenvalue weighted by Crippen LogP contribution is -2.41. The van der Waals surface area contributed by atoms with E-state index in [4.69, 9.17) is 9.84 Å². The van der Waals surface area contributed by atoms with Gasteiger partial charge in [-0.05, 0) is 32.0 Å². The molecule has 8 heteroatoms. The van der Waals surface area contributed by atoms with Crippen molar-refractivity contribution in [3.63, 3.8) is 0 Å². The van der Waals surface area contributed by atoms with Gasteiger partial charge in [0.15, 0.2) is 0 Å². The van der Waals surface area contributed by atoms with Crippen molar-refractivity contribution in [2.45, 2.75) is 19.9 Å². The monoisotopic (exact) mass is 296 g/mol. The van der Waals surface area contributed by atoms with Crippen LogP contribution in [0.5, 0.6) is 5.75 Å². The molecule has 0 aliphatic carbocycles. The molecule has 8 nitrogen and oxygen atoms in total. The molecule has 1 aromatic carbocycles. The fourth-order valence-electron chi connectivity index (χ4n) is 1.48. The highest BCUT2D eigenvalue weighted by Gasteiger charge is 2.17. The number of benzene rings is 1. The van der Waals surface area contributed by atoms with Gasteiger partial charge in [0.05, 0.1) is 6.61 Å². The van der Waals surface area contributed by atoms with E-state index in [1.807, 2.05) is 0 Å². The highest BCUT2D eigenvalue weighted by atomic mass is 16.5. The average molecular weight is 296 g/mol. The molecule has 0 spiro atoms. The first-order chi connectivity index (χ1) is 9.85. The molecule has 0 aliphatic heterocycles. The molecule has 0 radical (unpaired) electrons. The number of aromatic hydroxyl groups is 1. The van der Waals surface area contributed by atoms with E-state index in [0.717, 1.165) is 12.1 Å². The number of carboxylic acids is 1. The molecular weight excluding hydrogens is 280 g/mol. The largest absolute Gasteiger partial charge is 0.507 e. The highest BCUT2D eigenvalue weighted by molar-refractivity contribution is 5.96. The zero-order valence-electron chi connectivity index (χ0n) is 11.5. The summed E-state index contributed by atoms with van der Waals surface area (Å²) < 4.78 is 4.73. The molecule has 1 atom stereocenters. The van der Waals surface area contributed by atoms with Gasteiger partial charge < -0.3 is 25.6 Å². The van der Waals surface area contributed by atoms with Crippen LogP contribution < -0.4 is 10.6 Å². The summed E-state index contributed by atoms with van der Waals surface area (Å²) in [6.45, 7) is 3.30. The minimum absolute atomic E-state index is 0.166. The number of esters is 1. The second-order valence-electron chi connectivity index (χ2n) is 4.11. The number of hydrogen-bond donors (Lipinski definition) is 4. The van der Waals surface area contributed by atoms with Gasteiger partial charge in [-0.2, -0.15) is 0 Å². The van der Waals surface area contributed by atoms with Crippen molar-refractivity contribution in [1.29, 1.82) is 0 Å². The molecule has 0 fully saturated rings. The van der Waals surface area contributed by atoms with E-state index in [1.165, 1.54) is 13.0 Å². The Bertz CT molecular complexity index is 558. The van der Waals surface area contributed by atoms with Gasteiger partial charge in [-0.25, -0.2) is 14.4 Å². The molecule has 114 valence electrons. The quantitative estimate of drug-likeness (QED) is 0.477. The van der Waals surface area contributed by atoms with Crippen molar-refractivity contribution >= 4 is 23.7 Å². The molecule has 0 saturated heterocycles. The second-order valence-corrected chi connectivity index (χ2v) is 4.11. The van der Waals surface area contributed by atoms with Gasteiger partial charge in [-0.3, -0.25) is 0 Å². The molecule has 0 aromatic heterocycles. The first-order valence-corrected chi connectivity index (χ1v) is 6.15. The van der Waals surface area contributed by atoms with Crippen molar-refractivity contribution in [2.24, 2.45) is 0 Å². The Hall–Kier alpha value is -2.77. The maximum Gasteiger partial charge on any atom is 0.339 e. The molecule has 21 heavy (non-hydrogen) atoms. The van der Waals surface area contributed by atoms with Gasteiger partial charge >= 0.3 is 18.0 Å². The van der Waals surface area contributed by atoms with Crippen LogP contribution in [0.25, 0.3) is 0 Å². The lowest BCUT2D eigenvalue weighted by atomic mass is 10.2. The number of anilines is 1. The third-order valence-electron chi connectivity index (χ3n) is 2.47. The number of phenols is 1. The molecule has 0 saturated carbocycles. The number of ether oxygens (including phenoxy) is 1. The topological polar surface area (TPSA) is 125 Å². The van der Waals surface area contributed by atoms with Crippen LogP contribution in [0, 0.1) is 0 Å². The standard InChI is InChI=1S/C13H16N2O6/c1-3-21-12(19)7(2)14-13(20)15-8-4-5-10(16)9(6-8)11(17)18/h4-7,16H,3H2,1-2H3,(H,17,18)(H2,14,15,20). The van der Waals surface area contributed by atoms with Gasteiger partial charge in [0.25, 0.3) is 0 Å². The minimum atomic E-state index is -1.32. The molecule has 4 N–H and O–H groups in total. The van der Waals surface area contributed by atoms with Gasteiger partial charge in [0.2, 0.25) is 0 Å². The summed E-state index contributed by atoms with van der Waals surface area (Å²) in [4.78, 5) is 33.9. The average Bonchev–Trinajstić information content (AvgIpc) is 2.40. The third-order valence-corrected chi connectivity index (χ3v) is 2.47. The van der Waals surface area contributed by atoms with Gasteiger partial charge in [-0.15, -0.1) is 0 Å². The van der Waals surface area contributed by atoms with E-state index in [1.54, 1.807) is 6.92 Å². The van der Waals surface area contributed by atoms with E-state index >= 15 is 0 Å². The molecule has 1 unspecified atom stereocenters. The fraction of sp³-hybridized carbons (Fsp3) is 0.308. The van der Waals surface area contributed by atoms with Gasteiger partial charge in [-0.1, -0.05) is 0 Å². The summed E-state index contributed by atoms with van der Waals surface area (Å²) in [5, 5.41) is 22.9. The molecular formula is C13H16N2O6. The summed E-state index contributed by atoms with van der Waals surface area (Å²) in [5.74, 6) is -2.31. The van der Waals surface area contributed by atoms with Crippen LogP contribution in [0.2, 0.25) is 0 Å². The maximum absolute atomic E-state index is 11.7. The molecule has 2 amide bonds. The molecule has 0 bridgehead atoms. The number of carboxylic acid groups (broad SMARTS) is 1. The molecule has 0 heterocycles. The number of amides is 2. The van der Waals surface area contributed by atoms with E-state index in [0.29, 0.717) is 0 Å². The van der Waals surface area contributed by atoms with E-state index in [9.17, 15) is 19.5 Å². The summed E-state index contributed by atoms with van der Waals surface area (Å²) in [6, 6.07) is 2.04. The summed E-state index contributed by atoms with van der Waals surface area (Å²) >= 11 is 0. The smallest absolute Gasteiger partial charge is 0.339 e. The number of carbonyl (C=O) groups excluding carboxylic acids is 2. The van der Waals surface area contributed by atoms with Crippen LogP contribution >= 0.6 is 0 Å². The first kappa shape index (κ1) is 16.3. The van der Waals surface area contributed by atoms with Gasteiger partial charge in [0, 0.05) is 5.69 Å². The van der Waals surface area contributed by atoms with Crippen molar-refractivity contribution in [1.82, 2.24) is 5.32 Å². The van der Waals surface area contributed by atoms with Crippen molar-refractivity contribution in [3.8, 4) is 5.75 Å². The number of urea groups is 1. The normalized spacial score (nSPS) is 11.3. The fourth-order valence-corrected chi connectivity index (χ4v) is 1.48. The highest BCUT2D eigenvalue weighted by Crippen LogP contribution is 2.21. The predicted molar refractivity (Wildman–Crippen MR) is 73.3 cm³/mol. The van der Waals surface area contributed by atoms with Crippen LogP contribution in [0.3, 0.4) is 0 Å². The minimum Gasteiger partial charge on any atom is -0.507 e. The Morgan fingerprint density at radius 2 is 2.00 bits per heavy atom. The van der Waals surface area contributed by atoms with Crippen LogP contribution in [0.4, 0.5) is 10.5 Å². The maximum atomic E-state index is 11.7. The van der Waals surface area contributed by atoms with E-state index in [2.05, 4.69) is 10.6 Å². The van der Waals surface area contributed by atoms with E-state index in [-0.39, 0.29) is 17.9 Å². The first-order valence-electron chi connectivity index (χ1n) is 6.15. The van der Waals surface area contributed by atoms with E-state index < -0.39 is 29.8 Å². The number of carbonyl (C=O) groups is 3. The van der Waals surface area contributed by atoms with Crippen molar-refractivity contribution in [3.05, 3.63) is 23.8 Å².